The Labute approximate surface area is 262 Å². The van der Waals surface area contributed by atoms with E-state index in [1.54, 1.807) is 44.0 Å². The fourth-order valence-corrected chi connectivity index (χ4v) is 8.50. The van der Waals surface area contributed by atoms with Gasteiger partial charge < -0.3 is 30.7 Å². The fourth-order valence-electron chi connectivity index (χ4n) is 8.50. The van der Waals surface area contributed by atoms with Crippen LogP contribution in [0, 0.1) is 29.1 Å². The summed E-state index contributed by atoms with van der Waals surface area (Å²) in [4.78, 5) is 61.4. The van der Waals surface area contributed by atoms with Crippen molar-refractivity contribution in [1.29, 1.82) is 0 Å². The molecule has 1 aromatic rings. The number of carbonyl (C=O) groups is 4. The number of hydrogen-bond donors (Lipinski definition) is 3. The highest BCUT2D eigenvalue weighted by atomic mass is 19.1. The third kappa shape index (κ3) is 5.61. The molecule has 4 heterocycles. The second-order valence-corrected chi connectivity index (χ2v) is 15.6. The van der Waals surface area contributed by atoms with E-state index in [2.05, 4.69) is 15.6 Å². The zero-order valence-electron chi connectivity index (χ0n) is 26.8. The van der Waals surface area contributed by atoms with Crippen LogP contribution in [0.15, 0.2) is 18.3 Å². The van der Waals surface area contributed by atoms with Gasteiger partial charge in [0.25, 0.3) is 5.91 Å². The van der Waals surface area contributed by atoms with E-state index in [4.69, 9.17) is 15.2 Å². The molecule has 0 unspecified atom stereocenters. The van der Waals surface area contributed by atoms with Crippen LogP contribution in [0.4, 0.5) is 15.0 Å². The Morgan fingerprint density at radius 3 is 2.62 bits per heavy atom. The molecule has 0 aromatic carbocycles. The lowest BCUT2D eigenvalue weighted by atomic mass is 9.77. The van der Waals surface area contributed by atoms with Crippen LogP contribution >= 0.6 is 0 Å². The summed E-state index contributed by atoms with van der Waals surface area (Å²) in [6, 6.07) is 1.18. The van der Waals surface area contributed by atoms with Crippen LogP contribution < -0.4 is 21.1 Å². The third-order valence-corrected chi connectivity index (χ3v) is 10.4. The molecule has 2 saturated heterocycles. The molecule has 246 valence electrons. The summed E-state index contributed by atoms with van der Waals surface area (Å²) in [5, 5.41) is 5.62. The summed E-state index contributed by atoms with van der Waals surface area (Å²) in [6.45, 7) is 11.6. The maximum absolute atomic E-state index is 15.3. The Morgan fingerprint density at radius 2 is 1.96 bits per heavy atom. The van der Waals surface area contributed by atoms with Crippen molar-refractivity contribution in [2.24, 2.45) is 34.8 Å². The normalized spacial score (nSPS) is 34.6. The maximum atomic E-state index is 15.3. The highest BCUT2D eigenvalue weighted by molar-refractivity contribution is 6.01. The number of nitrogens with one attached hydrogen (secondary N) is 2. The summed E-state index contributed by atoms with van der Waals surface area (Å²) < 4.78 is 27.0. The number of likely N-dealkylation sites (tertiary alicyclic amines) is 2. The molecule has 1 spiro atoms. The van der Waals surface area contributed by atoms with Crippen molar-refractivity contribution in [2.75, 3.05) is 25.0 Å². The maximum Gasteiger partial charge on any atom is 0.408 e. The Bertz CT molecular complexity index is 1390. The molecule has 3 aliphatic heterocycles. The van der Waals surface area contributed by atoms with Crippen molar-refractivity contribution >= 4 is 29.6 Å². The number of nitrogens with zero attached hydrogens (tertiary/aromatic N) is 3. The predicted octanol–water partition coefficient (Wildman–Crippen LogP) is 2.47. The van der Waals surface area contributed by atoms with Crippen molar-refractivity contribution in [3.05, 3.63) is 18.3 Å². The molecule has 4 amide bonds. The quantitative estimate of drug-likeness (QED) is 0.449. The number of alkyl halides is 1. The van der Waals surface area contributed by atoms with E-state index >= 15 is 4.39 Å². The van der Waals surface area contributed by atoms with Crippen molar-refractivity contribution in [1.82, 2.24) is 20.1 Å². The number of hydrogen-bond acceptors (Lipinski definition) is 8. The Hall–Kier alpha value is -3.48. The largest absolute Gasteiger partial charge is 0.472 e. The van der Waals surface area contributed by atoms with Crippen molar-refractivity contribution < 1.29 is 33.0 Å². The number of anilines is 1. The molecular formula is C32H45FN6O6. The molecular weight excluding hydrogens is 583 g/mol. The summed E-state index contributed by atoms with van der Waals surface area (Å²) in [5.74, 6) is -0.663. The van der Waals surface area contributed by atoms with Gasteiger partial charge in [-0.1, -0.05) is 20.8 Å². The van der Waals surface area contributed by atoms with Gasteiger partial charge in [0.05, 0.1) is 6.04 Å². The van der Waals surface area contributed by atoms with Gasteiger partial charge in [0.15, 0.2) is 11.6 Å². The first-order valence-electron chi connectivity index (χ1n) is 15.9. The second kappa shape index (κ2) is 10.8. The average molecular weight is 629 g/mol. The van der Waals surface area contributed by atoms with Crippen molar-refractivity contribution in [2.45, 2.75) is 96.3 Å². The topological polar surface area (TPSA) is 156 Å². The summed E-state index contributed by atoms with van der Waals surface area (Å²) in [6.07, 6.45) is 1.18. The van der Waals surface area contributed by atoms with Crippen molar-refractivity contribution in [3.63, 3.8) is 0 Å². The monoisotopic (exact) mass is 628 g/mol. The molecule has 1 aromatic heterocycles. The molecule has 2 bridgehead atoms. The van der Waals surface area contributed by atoms with Crippen LogP contribution in [0.2, 0.25) is 0 Å². The van der Waals surface area contributed by atoms with Gasteiger partial charge in [0, 0.05) is 38.3 Å². The van der Waals surface area contributed by atoms with Gasteiger partial charge >= 0.3 is 6.09 Å². The number of rotatable bonds is 5. The zero-order valence-corrected chi connectivity index (χ0v) is 26.8. The number of fused-ring (bicyclic) bond motifs is 6. The first-order chi connectivity index (χ1) is 21.0. The Kier molecular flexibility index (Phi) is 7.57. The minimum absolute atomic E-state index is 0.0276. The first-order valence-corrected chi connectivity index (χ1v) is 15.9. The van der Waals surface area contributed by atoms with Crippen LogP contribution in [0.3, 0.4) is 0 Å². The van der Waals surface area contributed by atoms with E-state index in [0.717, 1.165) is 6.42 Å². The van der Waals surface area contributed by atoms with Crippen LogP contribution in [-0.2, 0) is 19.1 Å². The van der Waals surface area contributed by atoms with Crippen molar-refractivity contribution in [3.8, 4) is 5.75 Å². The number of alkyl carbamates (subject to hydrolysis) is 1. The highest BCUT2D eigenvalue weighted by Gasteiger charge is 2.63. The minimum atomic E-state index is -1.38. The number of pyridine rings is 1. The average Bonchev–Trinajstić information content (AvgIpc) is 3.67. The molecule has 6 rings (SSSR count). The molecule has 2 saturated carbocycles. The predicted molar refractivity (Wildman–Crippen MR) is 162 cm³/mol. The van der Waals surface area contributed by atoms with Gasteiger partial charge in [-0.05, 0) is 74.8 Å². The molecule has 45 heavy (non-hydrogen) atoms. The molecule has 4 fully saturated rings. The number of amides is 4. The number of primary amides is 1. The Balaban J connectivity index is 1.30. The van der Waals surface area contributed by atoms with Crippen LogP contribution in [0.5, 0.6) is 5.75 Å². The fraction of sp³-hybridized carbons (Fsp3) is 0.719. The van der Waals surface area contributed by atoms with E-state index in [1.165, 1.54) is 0 Å². The molecule has 2 aliphatic carbocycles. The molecule has 0 radical (unpaired) electrons. The third-order valence-electron chi connectivity index (χ3n) is 10.4. The number of nitrogens with two attached hydrogens (primary N) is 1. The number of ether oxygens (including phenoxy) is 2. The van der Waals surface area contributed by atoms with Gasteiger partial charge in [0.2, 0.25) is 17.4 Å². The molecule has 9 atom stereocenters. The van der Waals surface area contributed by atoms with Gasteiger partial charge in [-0.15, -0.1) is 0 Å². The lowest BCUT2D eigenvalue weighted by molar-refractivity contribution is -0.138. The van der Waals surface area contributed by atoms with Crippen LogP contribution in [0.1, 0.15) is 60.8 Å². The van der Waals surface area contributed by atoms with E-state index in [-0.39, 0.29) is 49.1 Å². The summed E-state index contributed by atoms with van der Waals surface area (Å²) >= 11 is 0. The number of halogens is 1. The highest BCUT2D eigenvalue weighted by Crippen LogP contribution is 2.59. The molecule has 4 N–H and O–H groups in total. The molecule has 13 heteroatoms. The Morgan fingerprint density at radius 1 is 1.22 bits per heavy atom. The van der Waals surface area contributed by atoms with Crippen LogP contribution in [0.25, 0.3) is 0 Å². The first kappa shape index (κ1) is 31.5. The minimum Gasteiger partial charge on any atom is -0.472 e. The SMILES string of the molecule is CC(C)(C)OC(=O)N[C@H](C(=O)N1C[C@@H]2[C@H]3C[C@@H]([C@@H]2[C@H]1CN1C[C@@]2(C[C@H]1C(N)=O)Oc1cccnc1NC2=O)[C@H](F)C3)C(C)(C)C. The summed E-state index contributed by atoms with van der Waals surface area (Å²) in [5.41, 5.74) is 3.10. The summed E-state index contributed by atoms with van der Waals surface area (Å²) in [7, 11) is 0. The van der Waals surface area contributed by atoms with Crippen LogP contribution in [-0.4, -0.2) is 93.7 Å². The molecule has 12 nitrogen and oxygen atoms in total. The van der Waals surface area contributed by atoms with Gasteiger partial charge in [0.1, 0.15) is 17.8 Å². The molecule has 5 aliphatic rings. The van der Waals surface area contributed by atoms with E-state index in [1.807, 2.05) is 25.7 Å². The van der Waals surface area contributed by atoms with Gasteiger partial charge in [-0.2, -0.15) is 0 Å². The lowest BCUT2D eigenvalue weighted by Crippen LogP contribution is -2.59. The lowest BCUT2D eigenvalue weighted by Gasteiger charge is -2.40. The smallest absolute Gasteiger partial charge is 0.408 e. The number of aromatic nitrogens is 1. The van der Waals surface area contributed by atoms with Gasteiger partial charge in [-0.3, -0.25) is 19.3 Å². The van der Waals surface area contributed by atoms with Gasteiger partial charge in [-0.25, -0.2) is 14.2 Å². The van der Waals surface area contributed by atoms with E-state index in [0.29, 0.717) is 24.5 Å². The second-order valence-electron chi connectivity index (χ2n) is 15.6. The van der Waals surface area contributed by atoms with E-state index < -0.39 is 58.8 Å². The number of carbonyl (C=O) groups excluding carboxylic acids is 4. The standard InChI is InChI=1S/C32H45FN6O6/c1-30(2,3)24(36-29(43)45-31(4,5)6)27(41)39-13-18-16-10-17(19(33)11-16)23(18)21(39)14-38-15-32(12-20(38)25(34)40)28(42)37-26-22(44-32)8-7-9-35-26/h7-9,16-21,23-24H,10-15H2,1-6H3,(H2,34,40)(H,36,43)(H,35,37,42)/t16-,17+,18+,19+,20-,21+,23-,24+,32+/m0/s1. The van der Waals surface area contributed by atoms with E-state index in [9.17, 15) is 19.2 Å². The zero-order chi connectivity index (χ0) is 32.6.